The number of aromatic nitrogens is 2. The third-order valence-corrected chi connectivity index (χ3v) is 6.28. The van der Waals surface area contributed by atoms with Crippen LogP contribution in [0.5, 0.6) is 0 Å². The minimum atomic E-state index is -0.768. The normalized spacial score (nSPS) is 20.1. The van der Waals surface area contributed by atoms with E-state index in [1.165, 1.54) is 47.9 Å². The highest BCUT2D eigenvalue weighted by atomic mass is 19.1. The topological polar surface area (TPSA) is 84.8 Å². The Morgan fingerprint density at radius 3 is 2.44 bits per heavy atom. The second-order valence-electron chi connectivity index (χ2n) is 8.61. The zero-order chi connectivity index (χ0) is 25.1. The third-order valence-electron chi connectivity index (χ3n) is 6.28. The molecule has 2 aromatic carbocycles. The quantitative estimate of drug-likeness (QED) is 0.485. The van der Waals surface area contributed by atoms with Crippen molar-refractivity contribution in [2.75, 3.05) is 6.61 Å². The molecule has 1 saturated carbocycles. The van der Waals surface area contributed by atoms with E-state index in [0.717, 1.165) is 41.7 Å². The Labute approximate surface area is 206 Å². The van der Waals surface area contributed by atoms with Crippen molar-refractivity contribution in [3.05, 3.63) is 101 Å². The van der Waals surface area contributed by atoms with Crippen LogP contribution in [0, 0.1) is 17.6 Å². The molecule has 1 aliphatic heterocycles. The van der Waals surface area contributed by atoms with Gasteiger partial charge in [0.15, 0.2) is 12.3 Å². The van der Waals surface area contributed by atoms with Gasteiger partial charge in [0.25, 0.3) is 5.91 Å². The first-order valence-corrected chi connectivity index (χ1v) is 11.6. The van der Waals surface area contributed by atoms with Crippen molar-refractivity contribution in [1.29, 1.82) is 0 Å². The average Bonchev–Trinajstić information content (AvgIpc) is 3.30. The lowest BCUT2D eigenvalue weighted by atomic mass is 9.77. The highest BCUT2D eigenvalue weighted by Gasteiger charge is 2.43. The number of esters is 1. The number of halogens is 2. The predicted octanol–water partition coefficient (Wildman–Crippen LogP) is 4.73. The van der Waals surface area contributed by atoms with Crippen LogP contribution in [0.15, 0.2) is 77.8 Å². The fourth-order valence-corrected chi connectivity index (χ4v) is 4.63. The minimum absolute atomic E-state index is 0.00805. The van der Waals surface area contributed by atoms with Gasteiger partial charge in [-0.3, -0.25) is 9.78 Å². The number of hydrogen-bond acceptors (Lipinski definition) is 6. The molecular weight excluding hydrogens is 466 g/mol. The van der Waals surface area contributed by atoms with Crippen molar-refractivity contribution in [1.82, 2.24) is 15.0 Å². The molecule has 3 aromatic rings. The zero-order valence-corrected chi connectivity index (χ0v) is 19.2. The lowest BCUT2D eigenvalue weighted by molar-refractivity contribution is -0.137. The number of hydrogen-bond donors (Lipinski definition) is 0. The summed E-state index contributed by atoms with van der Waals surface area (Å²) in [5, 5.41) is 6.02. The fraction of sp³-hybridized carbons (Fsp3) is 0.222. The number of ether oxygens (including phenoxy) is 1. The summed E-state index contributed by atoms with van der Waals surface area (Å²) in [6.45, 7) is -0.534. The standard InChI is InChI=1S/C27H22F2N4O3/c28-20-8-4-17(5-9-20)14-19-2-1-3-22-25(19)32-33(26(22)18-6-10-21(29)11-7-18)24(34)16-36-27(35)23-15-30-12-13-31-23/h4-15,22,26H,1-3,16H2. The summed E-state index contributed by atoms with van der Waals surface area (Å²) in [4.78, 5) is 33.2. The van der Waals surface area contributed by atoms with E-state index < -0.39 is 24.5 Å². The highest BCUT2D eigenvalue weighted by Crippen LogP contribution is 2.44. The molecule has 0 spiro atoms. The van der Waals surface area contributed by atoms with Gasteiger partial charge in [0.2, 0.25) is 0 Å². The van der Waals surface area contributed by atoms with E-state index in [1.54, 1.807) is 24.3 Å². The maximum atomic E-state index is 13.7. The largest absolute Gasteiger partial charge is 0.451 e. The molecule has 1 aromatic heterocycles. The number of nitrogens with zero attached hydrogens (tertiary/aromatic N) is 4. The monoisotopic (exact) mass is 488 g/mol. The molecule has 0 saturated heterocycles. The molecule has 0 radical (unpaired) electrons. The number of hydrazone groups is 1. The Morgan fingerprint density at radius 2 is 1.75 bits per heavy atom. The second-order valence-corrected chi connectivity index (χ2v) is 8.61. The van der Waals surface area contributed by atoms with Crippen LogP contribution in [-0.4, -0.2) is 39.2 Å². The van der Waals surface area contributed by atoms with Gasteiger partial charge < -0.3 is 4.74 Å². The first-order valence-electron chi connectivity index (χ1n) is 11.6. The number of amides is 1. The van der Waals surface area contributed by atoms with Crippen molar-refractivity contribution < 1.29 is 23.1 Å². The van der Waals surface area contributed by atoms with Crippen LogP contribution in [0.25, 0.3) is 6.08 Å². The van der Waals surface area contributed by atoms with Gasteiger partial charge in [0.05, 0.1) is 18.0 Å². The summed E-state index contributed by atoms with van der Waals surface area (Å²) >= 11 is 0. The molecule has 182 valence electrons. The van der Waals surface area contributed by atoms with Crippen LogP contribution in [-0.2, 0) is 9.53 Å². The number of allylic oxidation sites excluding steroid dienone is 1. The Morgan fingerprint density at radius 1 is 1.03 bits per heavy atom. The van der Waals surface area contributed by atoms with Gasteiger partial charge in [-0.15, -0.1) is 0 Å². The van der Waals surface area contributed by atoms with Crippen molar-refractivity contribution in [3.63, 3.8) is 0 Å². The summed E-state index contributed by atoms with van der Waals surface area (Å²) in [6.07, 6.45) is 8.40. The SMILES string of the molecule is O=C(OCC(=O)N1N=C2C(=Cc3ccc(F)cc3)CCCC2C1c1ccc(F)cc1)c1cnccn1. The van der Waals surface area contributed by atoms with Gasteiger partial charge in [-0.1, -0.05) is 24.3 Å². The molecule has 0 bridgehead atoms. The van der Waals surface area contributed by atoms with E-state index in [0.29, 0.717) is 0 Å². The third kappa shape index (κ3) is 4.91. The number of benzene rings is 2. The zero-order valence-electron chi connectivity index (χ0n) is 19.2. The van der Waals surface area contributed by atoms with Gasteiger partial charge in [0.1, 0.15) is 11.6 Å². The molecule has 0 N–H and O–H groups in total. The Bertz CT molecular complexity index is 1330. The van der Waals surface area contributed by atoms with Crippen molar-refractivity contribution in [3.8, 4) is 0 Å². The van der Waals surface area contributed by atoms with E-state index in [2.05, 4.69) is 15.1 Å². The van der Waals surface area contributed by atoms with Gasteiger partial charge in [-0.2, -0.15) is 5.10 Å². The van der Waals surface area contributed by atoms with Crippen LogP contribution >= 0.6 is 0 Å². The van der Waals surface area contributed by atoms with Crippen LogP contribution in [0.2, 0.25) is 0 Å². The summed E-state index contributed by atoms with van der Waals surface area (Å²) < 4.78 is 32.2. The lowest BCUT2D eigenvalue weighted by Crippen LogP contribution is -2.34. The summed E-state index contributed by atoms with van der Waals surface area (Å²) in [6, 6.07) is 11.7. The molecular formula is C27H22F2N4O3. The first-order chi connectivity index (χ1) is 17.5. The highest BCUT2D eigenvalue weighted by molar-refractivity contribution is 6.08. The maximum Gasteiger partial charge on any atom is 0.359 e. The van der Waals surface area contributed by atoms with Crippen molar-refractivity contribution >= 4 is 23.7 Å². The first kappa shape index (κ1) is 23.5. The van der Waals surface area contributed by atoms with E-state index in [1.807, 2.05) is 6.08 Å². The Balaban J connectivity index is 1.44. The summed E-state index contributed by atoms with van der Waals surface area (Å²) in [5.41, 5.74) is 3.27. The van der Waals surface area contributed by atoms with Crippen LogP contribution in [0.3, 0.4) is 0 Å². The van der Waals surface area contributed by atoms with Crippen LogP contribution in [0.1, 0.15) is 46.9 Å². The minimum Gasteiger partial charge on any atom is -0.451 e. The van der Waals surface area contributed by atoms with Crippen molar-refractivity contribution in [2.24, 2.45) is 11.0 Å². The van der Waals surface area contributed by atoms with E-state index in [4.69, 9.17) is 4.74 Å². The molecule has 1 aliphatic carbocycles. The molecule has 9 heteroatoms. The molecule has 2 aliphatic rings. The average molecular weight is 488 g/mol. The fourth-order valence-electron chi connectivity index (χ4n) is 4.63. The summed E-state index contributed by atoms with van der Waals surface area (Å²) in [5.74, 6) is -2.09. The van der Waals surface area contributed by atoms with Crippen LogP contribution < -0.4 is 0 Å². The van der Waals surface area contributed by atoms with E-state index in [9.17, 15) is 18.4 Å². The molecule has 1 amide bonds. The van der Waals surface area contributed by atoms with Crippen molar-refractivity contribution in [2.45, 2.75) is 25.3 Å². The lowest BCUT2D eigenvalue weighted by Gasteiger charge is -2.29. The van der Waals surface area contributed by atoms with E-state index >= 15 is 0 Å². The van der Waals surface area contributed by atoms with Crippen LogP contribution in [0.4, 0.5) is 8.78 Å². The molecule has 2 heterocycles. The number of carbonyl (C=O) groups is 2. The van der Waals surface area contributed by atoms with Gasteiger partial charge in [-0.05, 0) is 66.3 Å². The van der Waals surface area contributed by atoms with Gasteiger partial charge >= 0.3 is 5.97 Å². The summed E-state index contributed by atoms with van der Waals surface area (Å²) in [7, 11) is 0. The molecule has 36 heavy (non-hydrogen) atoms. The number of carbonyl (C=O) groups excluding carboxylic acids is 2. The molecule has 7 nitrogen and oxygen atoms in total. The Hall–Kier alpha value is -4.27. The van der Waals surface area contributed by atoms with Gasteiger partial charge in [-0.25, -0.2) is 23.6 Å². The predicted molar refractivity (Wildman–Crippen MR) is 127 cm³/mol. The molecule has 1 fully saturated rings. The van der Waals surface area contributed by atoms with E-state index in [-0.39, 0.29) is 23.2 Å². The Kier molecular flexibility index (Phi) is 6.62. The second kappa shape index (κ2) is 10.2. The smallest absolute Gasteiger partial charge is 0.359 e. The molecule has 5 rings (SSSR count). The maximum absolute atomic E-state index is 13.7. The number of rotatable bonds is 5. The molecule has 2 unspecified atom stereocenters. The molecule has 2 atom stereocenters. The number of fused-ring (bicyclic) bond motifs is 1. The van der Waals surface area contributed by atoms with Gasteiger partial charge in [0, 0.05) is 18.3 Å².